The third kappa shape index (κ3) is 7.44. The van der Waals surface area contributed by atoms with Crippen LogP contribution in [0.4, 0.5) is 0 Å². The van der Waals surface area contributed by atoms with Crippen molar-refractivity contribution in [2.45, 2.75) is 0 Å². The summed E-state index contributed by atoms with van der Waals surface area (Å²) in [5.74, 6) is -0.996. The summed E-state index contributed by atoms with van der Waals surface area (Å²) < 4.78 is 29.8. The summed E-state index contributed by atoms with van der Waals surface area (Å²) in [4.78, 5) is 10.4. The molecule has 0 aromatic rings. The molecule has 0 rings (SSSR count). The second-order valence-corrected chi connectivity index (χ2v) is 3.66. The molecule has 0 saturated heterocycles. The first-order valence-corrected chi connectivity index (χ1v) is 4.67. The first-order valence-electron chi connectivity index (χ1n) is 3.09. The maximum atomic E-state index is 10.6. The summed E-state index contributed by atoms with van der Waals surface area (Å²) in [6.45, 7) is 2.92. The van der Waals surface area contributed by atoms with Crippen molar-refractivity contribution in [2.75, 3.05) is 19.5 Å². The SMILES string of the molecule is C=CC(=O)OCCS(=O)(=O)OC.N. The monoisotopic (exact) mass is 211 g/mol. The van der Waals surface area contributed by atoms with Gasteiger partial charge in [0.25, 0.3) is 10.1 Å². The molecule has 0 unspecified atom stereocenters. The van der Waals surface area contributed by atoms with Crippen LogP contribution in [0.1, 0.15) is 0 Å². The predicted octanol–water partition coefficient (Wildman–Crippen LogP) is -0.146. The molecule has 0 aromatic carbocycles. The van der Waals surface area contributed by atoms with E-state index in [9.17, 15) is 13.2 Å². The Morgan fingerprint density at radius 2 is 2.08 bits per heavy atom. The van der Waals surface area contributed by atoms with Gasteiger partial charge in [-0.2, -0.15) is 8.42 Å². The van der Waals surface area contributed by atoms with Gasteiger partial charge in [-0.15, -0.1) is 0 Å². The lowest BCUT2D eigenvalue weighted by atomic mass is 10.6. The molecule has 0 bridgehead atoms. The Morgan fingerprint density at radius 1 is 1.54 bits per heavy atom. The number of carbonyl (C=O) groups excluding carboxylic acids is 1. The number of ether oxygens (including phenoxy) is 1. The van der Waals surface area contributed by atoms with Gasteiger partial charge < -0.3 is 10.9 Å². The molecule has 0 heterocycles. The van der Waals surface area contributed by atoms with E-state index in [1.165, 1.54) is 0 Å². The molecule has 78 valence electrons. The predicted molar refractivity (Wildman–Crippen MR) is 47.0 cm³/mol. The summed E-state index contributed by atoms with van der Waals surface area (Å²) in [6.07, 6.45) is 0.958. The normalized spacial score (nSPS) is 9.92. The molecule has 13 heavy (non-hydrogen) atoms. The van der Waals surface area contributed by atoms with Crippen LogP contribution in [0, 0.1) is 0 Å². The number of carbonyl (C=O) groups is 1. The van der Waals surface area contributed by atoms with E-state index in [1.54, 1.807) is 0 Å². The van der Waals surface area contributed by atoms with Crippen LogP contribution in [-0.4, -0.2) is 33.9 Å². The Balaban J connectivity index is 0. The zero-order chi connectivity index (χ0) is 9.61. The Bertz CT molecular complexity index is 258. The van der Waals surface area contributed by atoms with Gasteiger partial charge in [0.2, 0.25) is 0 Å². The maximum Gasteiger partial charge on any atom is 0.330 e. The van der Waals surface area contributed by atoms with Gasteiger partial charge in [0.15, 0.2) is 0 Å². The minimum atomic E-state index is -3.53. The van der Waals surface area contributed by atoms with Gasteiger partial charge in [0, 0.05) is 6.08 Å². The van der Waals surface area contributed by atoms with Crippen LogP contribution in [-0.2, 0) is 23.8 Å². The van der Waals surface area contributed by atoms with E-state index in [1.807, 2.05) is 0 Å². The van der Waals surface area contributed by atoms with Crippen LogP contribution >= 0.6 is 0 Å². The van der Waals surface area contributed by atoms with E-state index in [0.29, 0.717) is 0 Å². The zero-order valence-electron chi connectivity index (χ0n) is 7.36. The van der Waals surface area contributed by atoms with Crippen molar-refractivity contribution >= 4 is 16.1 Å². The molecule has 0 fully saturated rings. The number of hydrogen-bond acceptors (Lipinski definition) is 6. The van der Waals surface area contributed by atoms with Crippen LogP contribution in [0.25, 0.3) is 0 Å². The van der Waals surface area contributed by atoms with Gasteiger partial charge in [-0.25, -0.2) is 4.79 Å². The van der Waals surface area contributed by atoms with Crippen molar-refractivity contribution in [3.63, 3.8) is 0 Å². The highest BCUT2D eigenvalue weighted by molar-refractivity contribution is 7.86. The molecule has 0 aliphatic carbocycles. The average molecular weight is 211 g/mol. The smallest absolute Gasteiger partial charge is 0.330 e. The fraction of sp³-hybridized carbons (Fsp3) is 0.500. The molecule has 0 saturated carbocycles. The summed E-state index contributed by atoms with van der Waals surface area (Å²) in [6, 6.07) is 0. The Labute approximate surface area is 77.2 Å². The molecule has 7 heteroatoms. The summed E-state index contributed by atoms with van der Waals surface area (Å²) >= 11 is 0. The molecule has 0 spiro atoms. The largest absolute Gasteiger partial charge is 0.461 e. The first kappa shape index (κ1) is 14.6. The molecule has 3 N–H and O–H groups in total. The molecule has 0 aliphatic rings. The van der Waals surface area contributed by atoms with Crippen molar-refractivity contribution in [1.29, 1.82) is 0 Å². The van der Waals surface area contributed by atoms with E-state index in [4.69, 9.17) is 0 Å². The summed E-state index contributed by atoms with van der Waals surface area (Å²) in [7, 11) is -2.49. The number of esters is 1. The highest BCUT2D eigenvalue weighted by atomic mass is 32.2. The number of hydrogen-bond donors (Lipinski definition) is 1. The fourth-order valence-corrected chi connectivity index (χ4v) is 0.841. The maximum absolute atomic E-state index is 10.6. The lowest BCUT2D eigenvalue weighted by molar-refractivity contribution is -0.137. The van der Waals surface area contributed by atoms with Crippen LogP contribution in [0.5, 0.6) is 0 Å². The van der Waals surface area contributed by atoms with Gasteiger partial charge in [-0.05, 0) is 0 Å². The van der Waals surface area contributed by atoms with Crippen molar-refractivity contribution in [3.05, 3.63) is 12.7 Å². The van der Waals surface area contributed by atoms with Crippen LogP contribution in [0.3, 0.4) is 0 Å². The minimum Gasteiger partial charge on any atom is -0.461 e. The third-order valence-electron chi connectivity index (χ3n) is 0.998. The minimum absolute atomic E-state index is 0. The van der Waals surface area contributed by atoms with Crippen LogP contribution in [0.2, 0.25) is 0 Å². The van der Waals surface area contributed by atoms with Gasteiger partial charge in [-0.1, -0.05) is 6.58 Å². The average Bonchev–Trinajstić information content (AvgIpc) is 2.04. The van der Waals surface area contributed by atoms with Crippen LogP contribution in [0.15, 0.2) is 12.7 Å². The summed E-state index contributed by atoms with van der Waals surface area (Å²) in [5, 5.41) is 0. The lowest BCUT2D eigenvalue weighted by Crippen LogP contribution is -2.15. The van der Waals surface area contributed by atoms with Gasteiger partial charge in [0.1, 0.15) is 12.4 Å². The molecule has 0 aromatic heterocycles. The molecule has 6 nitrogen and oxygen atoms in total. The molecular formula is C6H13NO5S. The molecule has 0 radical (unpaired) electrons. The van der Waals surface area contributed by atoms with Gasteiger partial charge in [0.05, 0.1) is 7.11 Å². The first-order chi connectivity index (χ1) is 5.52. The second kappa shape index (κ2) is 6.58. The van der Waals surface area contributed by atoms with E-state index < -0.39 is 16.1 Å². The highest BCUT2D eigenvalue weighted by Crippen LogP contribution is 1.90. The lowest BCUT2D eigenvalue weighted by Gasteiger charge is -2.01. The Morgan fingerprint density at radius 3 is 2.46 bits per heavy atom. The van der Waals surface area contributed by atoms with E-state index in [-0.39, 0.29) is 18.5 Å². The van der Waals surface area contributed by atoms with Gasteiger partial charge in [-0.3, -0.25) is 4.18 Å². The van der Waals surface area contributed by atoms with E-state index in [0.717, 1.165) is 13.2 Å². The van der Waals surface area contributed by atoms with Crippen molar-refractivity contribution in [1.82, 2.24) is 6.15 Å². The molecular weight excluding hydrogens is 198 g/mol. The van der Waals surface area contributed by atoms with Crippen LogP contribution < -0.4 is 6.15 Å². The fourth-order valence-electron chi connectivity index (χ4n) is 0.387. The topological polar surface area (TPSA) is 105 Å². The van der Waals surface area contributed by atoms with Crippen molar-refractivity contribution < 1.29 is 22.1 Å². The highest BCUT2D eigenvalue weighted by Gasteiger charge is 2.08. The van der Waals surface area contributed by atoms with E-state index >= 15 is 0 Å². The van der Waals surface area contributed by atoms with Crippen molar-refractivity contribution in [2.24, 2.45) is 0 Å². The Kier molecular flexibility index (Phi) is 7.39. The zero-order valence-corrected chi connectivity index (χ0v) is 8.17. The van der Waals surface area contributed by atoms with Crippen molar-refractivity contribution in [3.8, 4) is 0 Å². The number of rotatable bonds is 5. The van der Waals surface area contributed by atoms with Gasteiger partial charge >= 0.3 is 5.97 Å². The summed E-state index contributed by atoms with van der Waals surface area (Å²) in [5.41, 5.74) is 0. The second-order valence-electron chi connectivity index (χ2n) is 1.80. The molecule has 0 atom stereocenters. The Hall–Kier alpha value is -0.920. The van der Waals surface area contributed by atoms with E-state index in [2.05, 4.69) is 15.5 Å². The third-order valence-corrected chi connectivity index (χ3v) is 2.17. The molecule has 0 amide bonds. The quantitative estimate of drug-likeness (QED) is 0.385. The standard InChI is InChI=1S/C6H10O5S.H3N/c1-3-6(7)11-4-5-12(8,9)10-2;/h3H,1,4-5H2,2H3;1H3. The molecule has 0 aliphatic heterocycles.